The molecule has 0 fully saturated rings. The van der Waals surface area contributed by atoms with Gasteiger partial charge in [0.1, 0.15) is 18.2 Å². The highest BCUT2D eigenvalue weighted by atomic mass is 35.5. The minimum absolute atomic E-state index is 0.280. The molecular formula is C21H16ClFN2O2. The fourth-order valence-electron chi connectivity index (χ4n) is 2.26. The van der Waals surface area contributed by atoms with Gasteiger partial charge in [-0.3, -0.25) is 4.79 Å². The zero-order valence-corrected chi connectivity index (χ0v) is 15.0. The van der Waals surface area contributed by atoms with Gasteiger partial charge >= 0.3 is 0 Å². The van der Waals surface area contributed by atoms with Crippen molar-refractivity contribution in [1.82, 2.24) is 5.43 Å². The van der Waals surface area contributed by atoms with Gasteiger partial charge in [0.15, 0.2) is 0 Å². The highest BCUT2D eigenvalue weighted by molar-refractivity contribution is 6.30. The molecule has 0 atom stereocenters. The Labute approximate surface area is 161 Å². The molecule has 27 heavy (non-hydrogen) atoms. The van der Waals surface area contributed by atoms with Gasteiger partial charge in [0.2, 0.25) is 0 Å². The Bertz CT molecular complexity index is 941. The molecule has 6 heteroatoms. The van der Waals surface area contributed by atoms with Gasteiger partial charge < -0.3 is 4.74 Å². The molecule has 0 saturated carbocycles. The summed E-state index contributed by atoms with van der Waals surface area (Å²) in [6.45, 7) is 0.328. The second-order valence-corrected chi connectivity index (χ2v) is 6.13. The van der Waals surface area contributed by atoms with E-state index in [2.05, 4.69) is 10.5 Å². The average molecular weight is 383 g/mol. The summed E-state index contributed by atoms with van der Waals surface area (Å²) in [4.78, 5) is 12.0. The van der Waals surface area contributed by atoms with Crippen LogP contribution in [0.5, 0.6) is 5.75 Å². The summed E-state index contributed by atoms with van der Waals surface area (Å²) < 4.78 is 18.6. The predicted molar refractivity (Wildman–Crippen MR) is 104 cm³/mol. The third-order valence-electron chi connectivity index (χ3n) is 3.66. The third kappa shape index (κ3) is 5.66. The number of hydrazone groups is 1. The van der Waals surface area contributed by atoms with E-state index in [-0.39, 0.29) is 11.7 Å². The Kier molecular flexibility index (Phi) is 6.18. The molecule has 3 rings (SSSR count). The van der Waals surface area contributed by atoms with E-state index < -0.39 is 0 Å². The quantitative estimate of drug-likeness (QED) is 0.490. The van der Waals surface area contributed by atoms with Gasteiger partial charge in [0.25, 0.3) is 5.91 Å². The first-order valence-electron chi connectivity index (χ1n) is 8.16. The standard InChI is InChI=1S/C21H16ClFN2O2/c22-18-8-6-17(7-9-18)21(26)25-24-13-16-2-1-3-20(12-16)27-14-15-4-10-19(23)11-5-15/h1-13H,14H2,(H,25,26)/b24-13+. The largest absolute Gasteiger partial charge is 0.489 e. The zero-order valence-electron chi connectivity index (χ0n) is 14.2. The molecule has 0 heterocycles. The molecule has 1 amide bonds. The van der Waals surface area contributed by atoms with Crippen LogP contribution >= 0.6 is 11.6 Å². The van der Waals surface area contributed by atoms with Gasteiger partial charge in [-0.05, 0) is 59.7 Å². The van der Waals surface area contributed by atoms with Gasteiger partial charge in [0.05, 0.1) is 6.21 Å². The van der Waals surface area contributed by atoms with Crippen LogP contribution < -0.4 is 10.2 Å². The summed E-state index contributed by atoms with van der Waals surface area (Å²) in [5.74, 6) is 0.0385. The molecule has 4 nitrogen and oxygen atoms in total. The Morgan fingerprint density at radius 1 is 1.07 bits per heavy atom. The normalized spacial score (nSPS) is 10.7. The van der Waals surface area contributed by atoms with Gasteiger partial charge in [-0.15, -0.1) is 0 Å². The van der Waals surface area contributed by atoms with Gasteiger partial charge in [0, 0.05) is 10.6 Å². The van der Waals surface area contributed by atoms with Crippen molar-refractivity contribution in [3.05, 3.63) is 100 Å². The van der Waals surface area contributed by atoms with Crippen molar-refractivity contribution in [2.75, 3.05) is 0 Å². The summed E-state index contributed by atoms with van der Waals surface area (Å²) in [5, 5.41) is 4.52. The second kappa shape index (κ2) is 8.96. The Balaban J connectivity index is 1.56. The van der Waals surface area contributed by atoms with Crippen LogP contribution in [0.3, 0.4) is 0 Å². The molecule has 0 aromatic heterocycles. The molecule has 0 radical (unpaired) electrons. The molecule has 0 aliphatic rings. The van der Waals surface area contributed by atoms with E-state index in [0.29, 0.717) is 22.9 Å². The maximum atomic E-state index is 12.9. The minimum atomic E-state index is -0.327. The van der Waals surface area contributed by atoms with Gasteiger partial charge in [-0.1, -0.05) is 35.9 Å². The van der Waals surface area contributed by atoms with Crippen LogP contribution in [0, 0.1) is 5.82 Å². The van der Waals surface area contributed by atoms with Crippen molar-refractivity contribution in [2.45, 2.75) is 6.61 Å². The van der Waals surface area contributed by atoms with Crippen LogP contribution in [0.15, 0.2) is 77.9 Å². The third-order valence-corrected chi connectivity index (χ3v) is 3.91. The minimum Gasteiger partial charge on any atom is -0.489 e. The maximum Gasteiger partial charge on any atom is 0.271 e. The molecule has 0 unspecified atom stereocenters. The van der Waals surface area contributed by atoms with Gasteiger partial charge in [-0.25, -0.2) is 9.82 Å². The number of ether oxygens (including phenoxy) is 1. The number of amides is 1. The van der Waals surface area contributed by atoms with Crippen LogP contribution in [0.1, 0.15) is 21.5 Å². The molecule has 0 aliphatic carbocycles. The van der Waals surface area contributed by atoms with Crippen LogP contribution in [0.2, 0.25) is 5.02 Å². The van der Waals surface area contributed by atoms with Crippen molar-refractivity contribution < 1.29 is 13.9 Å². The topological polar surface area (TPSA) is 50.7 Å². The predicted octanol–water partition coefficient (Wildman–Crippen LogP) is 4.82. The van der Waals surface area contributed by atoms with Crippen molar-refractivity contribution >= 4 is 23.7 Å². The van der Waals surface area contributed by atoms with E-state index in [1.54, 1.807) is 42.5 Å². The van der Waals surface area contributed by atoms with Crippen molar-refractivity contribution in [1.29, 1.82) is 0 Å². The molecule has 0 bridgehead atoms. The van der Waals surface area contributed by atoms with Gasteiger partial charge in [-0.2, -0.15) is 5.10 Å². The number of hydrogen-bond acceptors (Lipinski definition) is 3. The monoisotopic (exact) mass is 382 g/mol. The first kappa shape index (κ1) is 18.6. The average Bonchev–Trinajstić information content (AvgIpc) is 2.68. The summed E-state index contributed by atoms with van der Waals surface area (Å²) in [6, 6.07) is 19.9. The number of rotatable bonds is 6. The number of nitrogens with one attached hydrogen (secondary N) is 1. The first-order chi connectivity index (χ1) is 13.1. The summed E-state index contributed by atoms with van der Waals surface area (Å²) >= 11 is 5.80. The second-order valence-electron chi connectivity index (χ2n) is 5.69. The fourth-order valence-corrected chi connectivity index (χ4v) is 2.39. The smallest absolute Gasteiger partial charge is 0.271 e. The molecule has 3 aromatic carbocycles. The number of carbonyl (C=O) groups excluding carboxylic acids is 1. The molecule has 0 saturated heterocycles. The number of nitrogens with zero attached hydrogens (tertiary/aromatic N) is 1. The Morgan fingerprint density at radius 3 is 2.56 bits per heavy atom. The number of halogens is 2. The molecule has 0 spiro atoms. The number of carbonyl (C=O) groups is 1. The van der Waals surface area contributed by atoms with Crippen molar-refractivity contribution in [3.63, 3.8) is 0 Å². The summed E-state index contributed by atoms with van der Waals surface area (Å²) in [7, 11) is 0. The summed E-state index contributed by atoms with van der Waals surface area (Å²) in [5.41, 5.74) is 4.56. The Hall–Kier alpha value is -3.18. The van der Waals surface area contributed by atoms with E-state index in [0.717, 1.165) is 11.1 Å². The first-order valence-corrected chi connectivity index (χ1v) is 8.54. The van der Waals surface area contributed by atoms with Crippen LogP contribution in [0.4, 0.5) is 4.39 Å². The number of hydrogen-bond donors (Lipinski definition) is 1. The highest BCUT2D eigenvalue weighted by Crippen LogP contribution is 2.15. The molecule has 1 N–H and O–H groups in total. The lowest BCUT2D eigenvalue weighted by Gasteiger charge is -2.07. The van der Waals surface area contributed by atoms with E-state index in [1.807, 2.05) is 18.2 Å². The van der Waals surface area contributed by atoms with E-state index in [9.17, 15) is 9.18 Å². The lowest BCUT2D eigenvalue weighted by molar-refractivity contribution is 0.0955. The fraction of sp³-hybridized carbons (Fsp3) is 0.0476. The lowest BCUT2D eigenvalue weighted by Crippen LogP contribution is -2.17. The van der Waals surface area contributed by atoms with Crippen molar-refractivity contribution in [3.8, 4) is 5.75 Å². The van der Waals surface area contributed by atoms with Crippen LogP contribution in [-0.4, -0.2) is 12.1 Å². The molecular weight excluding hydrogens is 367 g/mol. The van der Waals surface area contributed by atoms with Crippen molar-refractivity contribution in [2.24, 2.45) is 5.10 Å². The highest BCUT2D eigenvalue weighted by Gasteiger charge is 2.03. The lowest BCUT2D eigenvalue weighted by atomic mass is 10.2. The maximum absolute atomic E-state index is 12.9. The Morgan fingerprint density at radius 2 is 1.81 bits per heavy atom. The SMILES string of the molecule is O=C(N/N=C/c1cccc(OCc2ccc(F)cc2)c1)c1ccc(Cl)cc1. The van der Waals surface area contributed by atoms with E-state index >= 15 is 0 Å². The molecule has 3 aromatic rings. The zero-order chi connectivity index (χ0) is 19.1. The molecule has 136 valence electrons. The molecule has 0 aliphatic heterocycles. The van der Waals surface area contributed by atoms with Crippen LogP contribution in [0.25, 0.3) is 0 Å². The van der Waals surface area contributed by atoms with E-state index in [1.165, 1.54) is 18.3 Å². The van der Waals surface area contributed by atoms with E-state index in [4.69, 9.17) is 16.3 Å². The van der Waals surface area contributed by atoms with Crippen LogP contribution in [-0.2, 0) is 6.61 Å². The number of benzene rings is 3. The summed E-state index contributed by atoms with van der Waals surface area (Å²) in [6.07, 6.45) is 1.53.